The van der Waals surface area contributed by atoms with Crippen LogP contribution in [0, 0.1) is 6.08 Å². The molecule has 4 rings (SSSR count). The van der Waals surface area contributed by atoms with Crippen LogP contribution in [0.3, 0.4) is 0 Å². The van der Waals surface area contributed by atoms with Gasteiger partial charge < -0.3 is 19.5 Å². The van der Waals surface area contributed by atoms with Crippen LogP contribution in [-0.2, 0) is 4.74 Å². The molecule has 1 fully saturated rings. The van der Waals surface area contributed by atoms with Crippen LogP contribution in [0.5, 0.6) is 11.5 Å². The van der Waals surface area contributed by atoms with Gasteiger partial charge >= 0.3 is 6.08 Å². The lowest BCUT2D eigenvalue weighted by atomic mass is 10.2. The number of aromatic nitrogens is 4. The Hall–Kier alpha value is -2.94. The second kappa shape index (κ2) is 7.97. The highest BCUT2D eigenvalue weighted by Gasteiger charge is 2.21. The summed E-state index contributed by atoms with van der Waals surface area (Å²) in [6.45, 7) is 0.673. The predicted molar refractivity (Wildman–Crippen MR) is 102 cm³/mol. The molecule has 1 unspecified atom stereocenters. The van der Waals surface area contributed by atoms with Gasteiger partial charge in [0.15, 0.2) is 17.0 Å². The number of ether oxygens (including phenoxy) is 3. The molecule has 1 aliphatic rings. The molecule has 0 radical (unpaired) electrons. The normalized spacial score (nSPS) is 17.3. The molecule has 1 aliphatic heterocycles. The summed E-state index contributed by atoms with van der Waals surface area (Å²) in [4.78, 5) is 12.3. The van der Waals surface area contributed by atoms with Crippen molar-refractivity contribution < 1.29 is 18.6 Å². The number of fused-ring (bicyclic) bond motifs is 1. The zero-order valence-corrected chi connectivity index (χ0v) is 15.8. The summed E-state index contributed by atoms with van der Waals surface area (Å²) in [7, 11) is 3.13. The third-order valence-electron chi connectivity index (χ3n) is 4.72. The van der Waals surface area contributed by atoms with Crippen molar-refractivity contribution in [3.63, 3.8) is 0 Å². The Balaban J connectivity index is 1.72. The van der Waals surface area contributed by atoms with Crippen molar-refractivity contribution in [3.8, 4) is 11.5 Å². The minimum atomic E-state index is -0.833. The Bertz CT molecular complexity index is 947. The van der Waals surface area contributed by atoms with E-state index in [1.165, 1.54) is 0 Å². The topological polar surface area (TPSA) is 83.3 Å². The molecule has 0 aliphatic carbocycles. The van der Waals surface area contributed by atoms with Crippen LogP contribution in [-0.4, -0.2) is 40.3 Å². The van der Waals surface area contributed by atoms with E-state index in [1.54, 1.807) is 43.3 Å². The molecule has 0 saturated carbocycles. The molecule has 28 heavy (non-hydrogen) atoms. The lowest BCUT2D eigenvalue weighted by Crippen LogP contribution is -2.12. The lowest BCUT2D eigenvalue weighted by molar-refractivity contribution is 0.00928. The second-order valence-corrected chi connectivity index (χ2v) is 6.57. The van der Waals surface area contributed by atoms with E-state index in [4.69, 9.17) is 14.2 Å². The Kier molecular flexibility index (Phi) is 5.25. The average Bonchev–Trinajstić information content (AvgIpc) is 2.94. The quantitative estimate of drug-likeness (QED) is 0.667. The van der Waals surface area contributed by atoms with Crippen molar-refractivity contribution >= 4 is 22.7 Å². The maximum atomic E-state index is 14.2. The number of benzene rings is 1. The second-order valence-electron chi connectivity index (χ2n) is 6.57. The van der Waals surface area contributed by atoms with Crippen molar-refractivity contribution in [1.82, 2.24) is 19.5 Å². The number of hydrogen-bond acceptors (Lipinski definition) is 7. The molecule has 1 aromatic carbocycles. The van der Waals surface area contributed by atoms with Crippen LogP contribution < -0.4 is 14.8 Å². The summed E-state index contributed by atoms with van der Waals surface area (Å²) in [5.74, 6) is 1.47. The van der Waals surface area contributed by atoms with Crippen molar-refractivity contribution in [2.24, 2.45) is 0 Å². The fourth-order valence-corrected chi connectivity index (χ4v) is 3.32. The lowest BCUT2D eigenvalue weighted by Gasteiger charge is -2.17. The largest absolute Gasteiger partial charge is 0.497 e. The van der Waals surface area contributed by atoms with Gasteiger partial charge in [0.25, 0.3) is 0 Å². The molecule has 9 heteroatoms. The molecule has 0 amide bonds. The van der Waals surface area contributed by atoms with E-state index in [9.17, 15) is 4.39 Å². The number of nitrogens with zero attached hydrogens (tertiary/aromatic N) is 4. The fraction of sp³-hybridized carbons (Fsp3) is 0.421. The van der Waals surface area contributed by atoms with Gasteiger partial charge in [-0.3, -0.25) is 4.57 Å². The van der Waals surface area contributed by atoms with Crippen molar-refractivity contribution in [3.05, 3.63) is 30.6 Å². The Morgan fingerprint density at radius 1 is 1.11 bits per heavy atom. The van der Waals surface area contributed by atoms with Crippen molar-refractivity contribution in [1.29, 1.82) is 0 Å². The van der Waals surface area contributed by atoms with E-state index in [1.807, 2.05) is 0 Å². The molecule has 2 aromatic heterocycles. The standard InChI is InChI=1S/C19H22FN5O3/c1-26-13-8-12(9-14(10-13)27-2)22-17-16-18(24-19(20)23-17)25(11-21-16)15-6-4-3-5-7-28-15/h8-11,15H,3-7H2,1-2H3,(H,22,23,24). The molecule has 3 heterocycles. The molecule has 8 nitrogen and oxygen atoms in total. The van der Waals surface area contributed by atoms with Crippen molar-refractivity contribution in [2.75, 3.05) is 26.1 Å². The molecule has 1 N–H and O–H groups in total. The summed E-state index contributed by atoms with van der Waals surface area (Å²) in [6.07, 6.45) is 4.63. The van der Waals surface area contributed by atoms with E-state index >= 15 is 0 Å². The van der Waals surface area contributed by atoms with Gasteiger partial charge in [-0.2, -0.15) is 14.4 Å². The molecule has 1 saturated heterocycles. The molecule has 0 bridgehead atoms. The van der Waals surface area contributed by atoms with Gasteiger partial charge in [-0.25, -0.2) is 4.98 Å². The smallest absolute Gasteiger partial charge is 0.312 e. The number of nitrogens with one attached hydrogen (secondary N) is 1. The Morgan fingerprint density at radius 2 is 1.89 bits per heavy atom. The van der Waals surface area contributed by atoms with Gasteiger partial charge in [0.2, 0.25) is 0 Å². The highest BCUT2D eigenvalue weighted by Crippen LogP contribution is 2.31. The Labute approximate surface area is 161 Å². The van der Waals surface area contributed by atoms with Gasteiger partial charge in [0.05, 0.1) is 20.5 Å². The van der Waals surface area contributed by atoms with Crippen LogP contribution in [0.1, 0.15) is 31.9 Å². The zero-order chi connectivity index (χ0) is 19.5. The molecular formula is C19H22FN5O3. The van der Waals surface area contributed by atoms with E-state index in [2.05, 4.69) is 20.3 Å². The van der Waals surface area contributed by atoms with Gasteiger partial charge in [0.1, 0.15) is 17.7 Å². The Morgan fingerprint density at radius 3 is 2.64 bits per heavy atom. The first-order valence-electron chi connectivity index (χ1n) is 9.19. The van der Waals surface area contributed by atoms with Crippen LogP contribution >= 0.6 is 0 Å². The predicted octanol–water partition coefficient (Wildman–Crippen LogP) is 3.82. The van der Waals surface area contributed by atoms with Gasteiger partial charge in [-0.05, 0) is 19.3 Å². The first-order chi connectivity index (χ1) is 13.7. The van der Waals surface area contributed by atoms with E-state index in [-0.39, 0.29) is 12.0 Å². The number of rotatable bonds is 5. The summed E-state index contributed by atoms with van der Waals surface area (Å²) < 4.78 is 32.4. The first-order valence-corrected chi connectivity index (χ1v) is 9.19. The SMILES string of the molecule is COc1cc(Nc2nc(F)nc3c2ncn3C2CCCCCO2)cc(OC)c1. The number of imidazole rings is 1. The summed E-state index contributed by atoms with van der Waals surface area (Å²) in [6, 6.07) is 5.28. The summed E-state index contributed by atoms with van der Waals surface area (Å²) >= 11 is 0. The van der Waals surface area contributed by atoms with Crippen LogP contribution in [0.15, 0.2) is 24.5 Å². The average molecular weight is 387 g/mol. The molecule has 1 atom stereocenters. The number of anilines is 2. The monoisotopic (exact) mass is 387 g/mol. The van der Waals surface area contributed by atoms with E-state index in [0.29, 0.717) is 35.0 Å². The molecule has 148 valence electrons. The minimum absolute atomic E-state index is 0.202. The van der Waals surface area contributed by atoms with Crippen LogP contribution in [0.2, 0.25) is 0 Å². The number of methoxy groups -OCH3 is 2. The van der Waals surface area contributed by atoms with Crippen LogP contribution in [0.25, 0.3) is 11.2 Å². The number of halogens is 1. The third-order valence-corrected chi connectivity index (χ3v) is 4.72. The summed E-state index contributed by atoms with van der Waals surface area (Å²) in [5, 5.41) is 3.10. The van der Waals surface area contributed by atoms with Crippen molar-refractivity contribution in [2.45, 2.75) is 31.9 Å². The molecule has 3 aromatic rings. The zero-order valence-electron chi connectivity index (χ0n) is 15.8. The van der Waals surface area contributed by atoms with Crippen LogP contribution in [0.4, 0.5) is 15.9 Å². The minimum Gasteiger partial charge on any atom is -0.497 e. The van der Waals surface area contributed by atoms with Gasteiger partial charge in [0, 0.05) is 30.5 Å². The fourth-order valence-electron chi connectivity index (χ4n) is 3.32. The van der Waals surface area contributed by atoms with E-state index in [0.717, 1.165) is 25.7 Å². The first kappa shape index (κ1) is 18.4. The van der Waals surface area contributed by atoms with E-state index < -0.39 is 6.08 Å². The number of hydrogen-bond donors (Lipinski definition) is 1. The molecular weight excluding hydrogens is 365 g/mol. The maximum absolute atomic E-state index is 14.2. The maximum Gasteiger partial charge on any atom is 0.312 e. The van der Waals surface area contributed by atoms with Gasteiger partial charge in [-0.1, -0.05) is 6.42 Å². The third kappa shape index (κ3) is 3.70. The highest BCUT2D eigenvalue weighted by atomic mass is 19.1. The summed E-state index contributed by atoms with van der Waals surface area (Å²) in [5.41, 5.74) is 1.50. The van der Waals surface area contributed by atoms with Gasteiger partial charge in [-0.15, -0.1) is 0 Å². The highest BCUT2D eigenvalue weighted by molar-refractivity contribution is 5.85. The molecule has 0 spiro atoms.